The van der Waals surface area contributed by atoms with Crippen LogP contribution in [0.15, 0.2) is 47.6 Å². The Balaban J connectivity index is 0.00000160. The minimum Gasteiger partial charge on any atom is -0.361 e. The normalized spacial score (nSPS) is 11.0. The van der Waals surface area contributed by atoms with Crippen LogP contribution in [0.4, 0.5) is 18.9 Å². The third kappa shape index (κ3) is 5.28. The van der Waals surface area contributed by atoms with E-state index < -0.39 is 17.6 Å². The molecule has 6 nitrogen and oxygen atoms in total. The number of nitrogens with zero attached hydrogens (tertiary/aromatic N) is 3. The Kier molecular flexibility index (Phi) is 8.18. The van der Waals surface area contributed by atoms with E-state index >= 15 is 0 Å². The van der Waals surface area contributed by atoms with Crippen molar-refractivity contribution >= 4 is 45.4 Å². The van der Waals surface area contributed by atoms with Crippen LogP contribution in [0.1, 0.15) is 5.56 Å². The molecule has 2 aromatic heterocycles. The smallest absolute Gasteiger partial charge is 0.361 e. The van der Waals surface area contributed by atoms with E-state index in [0.29, 0.717) is 11.2 Å². The molecule has 0 saturated carbocycles. The van der Waals surface area contributed by atoms with Crippen molar-refractivity contribution < 1.29 is 59.3 Å². The number of aromatic nitrogens is 4. The molecule has 0 fully saturated rings. The fourth-order valence-corrected chi connectivity index (χ4v) is 3.25. The first kappa shape index (κ1) is 24.5. The third-order valence-corrected chi connectivity index (χ3v) is 4.72. The number of para-hydroxylation sites is 1. The summed E-state index contributed by atoms with van der Waals surface area (Å²) in [5.74, 6) is -0.760. The summed E-state index contributed by atoms with van der Waals surface area (Å²) in [4.78, 5) is 19.5. The molecule has 2 N–H and O–H groups in total. The van der Waals surface area contributed by atoms with E-state index in [2.05, 4.69) is 31.5 Å². The number of benzene rings is 2. The number of thioether (sulfide) groups is 1. The van der Waals surface area contributed by atoms with Crippen molar-refractivity contribution in [2.45, 2.75) is 11.3 Å². The van der Waals surface area contributed by atoms with E-state index in [1.54, 1.807) is 12.1 Å². The van der Waals surface area contributed by atoms with Gasteiger partial charge in [-0.2, -0.15) is 36.5 Å². The number of H-pyrrole nitrogens is 1. The number of amides is 1. The predicted molar refractivity (Wildman–Crippen MR) is 105 cm³/mol. The number of alkyl halides is 3. The number of halogens is 3. The van der Waals surface area contributed by atoms with Gasteiger partial charge in [0.15, 0.2) is 0 Å². The molecule has 153 valence electrons. The van der Waals surface area contributed by atoms with Gasteiger partial charge in [-0.3, -0.25) is 4.79 Å². The summed E-state index contributed by atoms with van der Waals surface area (Å²) in [5, 5.41) is 11.4. The summed E-state index contributed by atoms with van der Waals surface area (Å²) in [5.41, 5.74) is 0.735. The van der Waals surface area contributed by atoms with E-state index in [1.165, 1.54) is 18.2 Å². The average molecular weight is 558 g/mol. The van der Waals surface area contributed by atoms with E-state index in [9.17, 15) is 18.0 Å². The molecule has 0 atom stereocenters. The fourth-order valence-electron chi connectivity index (χ4n) is 2.66. The van der Waals surface area contributed by atoms with Gasteiger partial charge >= 0.3 is 6.18 Å². The summed E-state index contributed by atoms with van der Waals surface area (Å²) in [6, 6.07) is 13.1. The van der Waals surface area contributed by atoms with Crippen LogP contribution in [-0.2, 0) is 11.0 Å². The van der Waals surface area contributed by atoms with Crippen LogP contribution in [0.5, 0.6) is 0 Å². The Morgan fingerprint density at radius 2 is 1.97 bits per heavy atom. The molecule has 0 aliphatic carbocycles. The number of rotatable bonds is 4. The van der Waals surface area contributed by atoms with Crippen molar-refractivity contribution in [1.82, 2.24) is 20.2 Å². The molecule has 0 aliphatic heterocycles. The molecule has 4 aromatic rings. The zero-order chi connectivity index (χ0) is 19.7. The molecule has 1 amide bonds. The van der Waals surface area contributed by atoms with Crippen LogP contribution in [0.3, 0.4) is 0 Å². The molecule has 30 heavy (non-hydrogen) atoms. The monoisotopic (exact) mass is 558 g/mol. The van der Waals surface area contributed by atoms with Crippen LogP contribution in [0, 0.1) is 54.8 Å². The van der Waals surface area contributed by atoms with Gasteiger partial charge in [0.2, 0.25) is 11.1 Å². The maximum atomic E-state index is 13.0. The average Bonchev–Trinajstić information content (AvgIpc) is 3.04. The minimum atomic E-state index is -4.55. The largest absolute Gasteiger partial charge is 0.418 e. The molecule has 0 aliphatic rings. The third-order valence-electron chi connectivity index (χ3n) is 3.88. The van der Waals surface area contributed by atoms with Crippen molar-refractivity contribution in [2.75, 3.05) is 11.1 Å². The number of anilines is 1. The molecular weight excluding hydrogens is 544 g/mol. The van der Waals surface area contributed by atoms with Crippen molar-refractivity contribution in [3.8, 4) is 0 Å². The minimum absolute atomic E-state index is 0. The number of nitrogens with one attached hydrogen (secondary N) is 2. The van der Waals surface area contributed by atoms with Gasteiger partial charge in [0.25, 0.3) is 0 Å². The van der Waals surface area contributed by atoms with Crippen LogP contribution < -0.4 is 5.32 Å². The van der Waals surface area contributed by atoms with Gasteiger partial charge < -0.3 is 17.7 Å². The quantitative estimate of drug-likeness (QED) is 0.285. The molecule has 4 rings (SSSR count). The Bertz CT molecular complexity index is 1180. The molecule has 2 aromatic carbocycles. The number of hydrogen-bond acceptors (Lipinski definition) is 5. The number of fused-ring (bicyclic) bond motifs is 3. The van der Waals surface area contributed by atoms with Crippen LogP contribution in [-0.4, -0.2) is 31.8 Å². The molecule has 1 radical (unpaired) electrons. The first-order valence-electron chi connectivity index (χ1n) is 8.03. The van der Waals surface area contributed by atoms with Gasteiger partial charge in [-0.1, -0.05) is 34.8 Å². The number of carbonyl (C=O) groups excluding carboxylic acids is 1. The predicted octanol–water partition coefficient (Wildman–Crippen LogP) is 4.51. The van der Waals surface area contributed by atoms with Crippen LogP contribution in [0.25, 0.3) is 22.1 Å². The molecule has 11 heteroatoms. The zero-order valence-electron chi connectivity index (χ0n) is 15.6. The zero-order valence-corrected chi connectivity index (χ0v) is 20.1. The SMILES string of the molecule is O=C(CSc1nnc2c(n1)[nH]c1cc[c-]cc12)Nc1ccccc1C(F)(F)F.[CH3-].[Pr]. The van der Waals surface area contributed by atoms with E-state index in [4.69, 9.17) is 0 Å². The molecule has 0 bridgehead atoms. The van der Waals surface area contributed by atoms with Gasteiger partial charge in [0.1, 0.15) is 5.65 Å². The van der Waals surface area contributed by atoms with E-state index in [1.807, 2.05) is 6.07 Å². The van der Waals surface area contributed by atoms with Gasteiger partial charge in [-0.05, 0) is 12.1 Å². The molecular formula is C19H14F3N5OPrS-2. The van der Waals surface area contributed by atoms with Crippen molar-refractivity contribution in [3.63, 3.8) is 0 Å². The number of aromatic amines is 1. The number of carbonyl (C=O) groups is 1. The Morgan fingerprint density at radius 1 is 1.20 bits per heavy atom. The summed E-state index contributed by atoms with van der Waals surface area (Å²) in [7, 11) is 0. The van der Waals surface area contributed by atoms with E-state index in [0.717, 1.165) is 28.7 Å². The number of hydrogen-bond donors (Lipinski definition) is 2. The maximum Gasteiger partial charge on any atom is 0.418 e. The second-order valence-electron chi connectivity index (χ2n) is 5.77. The fraction of sp³-hybridized carbons (Fsp3) is 0.105. The molecule has 0 spiro atoms. The van der Waals surface area contributed by atoms with Gasteiger partial charge in [0, 0.05) is 41.3 Å². The second-order valence-corrected chi connectivity index (χ2v) is 6.71. The topological polar surface area (TPSA) is 83.6 Å². The van der Waals surface area contributed by atoms with Crippen molar-refractivity contribution in [2.24, 2.45) is 0 Å². The first-order valence-corrected chi connectivity index (χ1v) is 9.01. The van der Waals surface area contributed by atoms with Gasteiger partial charge in [-0.15, -0.1) is 11.2 Å². The second kappa shape index (κ2) is 10.0. The standard InChI is InChI=1S/C18H11F3N5OS.CH3.Pr/c19-18(20,21)11-6-2-4-8-13(11)22-14(27)9-28-17-24-16-15(25-26-17)10-5-1-3-7-12(10)23-16;;/h2-8H,9H2,(H,22,27)(H,23,24,26);1H3;/q2*-1;. The molecule has 0 unspecified atom stereocenters. The first-order chi connectivity index (χ1) is 13.4. The van der Waals surface area contributed by atoms with Crippen LogP contribution in [0.2, 0.25) is 0 Å². The molecule has 0 saturated heterocycles. The Labute approximate surface area is 207 Å². The Morgan fingerprint density at radius 3 is 2.73 bits per heavy atom. The summed E-state index contributed by atoms with van der Waals surface area (Å²) in [6.45, 7) is 0. The van der Waals surface area contributed by atoms with Crippen molar-refractivity contribution in [1.29, 1.82) is 0 Å². The Hall–Kier alpha value is -1.78. The van der Waals surface area contributed by atoms with Gasteiger partial charge in [-0.25, -0.2) is 4.98 Å². The van der Waals surface area contributed by atoms with Crippen molar-refractivity contribution in [3.05, 3.63) is 61.5 Å². The van der Waals surface area contributed by atoms with E-state index in [-0.39, 0.29) is 65.3 Å². The summed E-state index contributed by atoms with van der Waals surface area (Å²) >= 11 is 0.980. The van der Waals surface area contributed by atoms with Crippen LogP contribution >= 0.6 is 11.8 Å². The summed E-state index contributed by atoms with van der Waals surface area (Å²) in [6.07, 6.45) is -4.55. The maximum absolute atomic E-state index is 13.0. The van der Waals surface area contributed by atoms with Gasteiger partial charge in [0.05, 0.1) is 22.5 Å². The molecule has 2 heterocycles. The summed E-state index contributed by atoms with van der Waals surface area (Å²) < 4.78 is 39.0.